The minimum absolute atomic E-state index is 0.207. The summed E-state index contributed by atoms with van der Waals surface area (Å²) in [4.78, 5) is 16.7. The fraction of sp³-hybridized carbons (Fsp3) is 0.192. The first-order valence-electron chi connectivity index (χ1n) is 10.7. The molecule has 7 heteroatoms. The number of aryl methyl sites for hydroxylation is 1. The van der Waals surface area contributed by atoms with E-state index >= 15 is 0 Å². The minimum atomic E-state index is -0.668. The molecule has 7 nitrogen and oxygen atoms in total. The molecule has 1 unspecified atom stereocenters. The highest BCUT2D eigenvalue weighted by atomic mass is 16.5. The van der Waals surface area contributed by atoms with Crippen LogP contribution >= 0.6 is 0 Å². The van der Waals surface area contributed by atoms with Gasteiger partial charge in [0.1, 0.15) is 5.69 Å². The average Bonchev–Trinajstić information content (AvgIpc) is 3.25. The van der Waals surface area contributed by atoms with Crippen molar-refractivity contribution in [3.05, 3.63) is 84.8 Å². The predicted octanol–water partition coefficient (Wildman–Crippen LogP) is 4.24. The molecule has 168 valence electrons. The molecule has 33 heavy (non-hydrogen) atoms. The molecule has 0 saturated carbocycles. The van der Waals surface area contributed by atoms with E-state index in [4.69, 9.17) is 9.47 Å². The zero-order valence-electron chi connectivity index (χ0n) is 18.9. The van der Waals surface area contributed by atoms with Crippen LogP contribution in [-0.4, -0.2) is 33.9 Å². The zero-order valence-corrected chi connectivity index (χ0v) is 18.9. The van der Waals surface area contributed by atoms with Crippen molar-refractivity contribution in [3.63, 3.8) is 0 Å². The zero-order chi connectivity index (χ0) is 23.2. The third-order valence-corrected chi connectivity index (χ3v) is 5.23. The second-order valence-corrected chi connectivity index (χ2v) is 7.63. The highest BCUT2D eigenvalue weighted by Crippen LogP contribution is 2.31. The Morgan fingerprint density at radius 1 is 1.03 bits per heavy atom. The first kappa shape index (κ1) is 22.1. The van der Waals surface area contributed by atoms with Gasteiger partial charge < -0.3 is 14.8 Å². The normalized spacial score (nSPS) is 11.6. The minimum Gasteiger partial charge on any atom is -0.493 e. The molecule has 0 aliphatic carbocycles. The quantitative estimate of drug-likeness (QED) is 0.442. The molecule has 0 bridgehead atoms. The summed E-state index contributed by atoms with van der Waals surface area (Å²) in [6.45, 7) is 2.09. The van der Waals surface area contributed by atoms with E-state index in [0.29, 0.717) is 18.0 Å². The summed E-state index contributed by atoms with van der Waals surface area (Å²) in [6.07, 6.45) is 4.87. The Balaban J connectivity index is 1.46. The number of carbonyl (C=O) groups is 1. The number of pyridine rings is 1. The number of nitrogens with one attached hydrogen (secondary N) is 1. The summed E-state index contributed by atoms with van der Waals surface area (Å²) in [5, 5.41) is 7.61. The van der Waals surface area contributed by atoms with E-state index in [1.165, 1.54) is 0 Å². The van der Waals surface area contributed by atoms with Gasteiger partial charge in [0, 0.05) is 43.3 Å². The van der Waals surface area contributed by atoms with Crippen LogP contribution in [0.15, 0.2) is 79.3 Å². The Hall–Kier alpha value is -4.13. The third kappa shape index (κ3) is 5.20. The van der Waals surface area contributed by atoms with Crippen LogP contribution in [0.5, 0.6) is 11.5 Å². The Labute approximate surface area is 193 Å². The van der Waals surface area contributed by atoms with E-state index < -0.39 is 6.10 Å². The van der Waals surface area contributed by atoms with Gasteiger partial charge in [-0.25, -0.2) is 0 Å². The standard InChI is InChI=1S/C26H26N4O3/c1-18(33-24-10-5-4-9-23(24)32-3)26(31)28-16-19-7-6-8-21(15-19)25-22(17-30(2)29-25)20-11-13-27-14-12-20/h4-15,17-18H,16H2,1-3H3,(H,28,31). The first-order chi connectivity index (χ1) is 16.0. The third-order valence-electron chi connectivity index (χ3n) is 5.23. The second-order valence-electron chi connectivity index (χ2n) is 7.63. The van der Waals surface area contributed by atoms with E-state index in [2.05, 4.69) is 15.4 Å². The topological polar surface area (TPSA) is 78.3 Å². The van der Waals surface area contributed by atoms with Gasteiger partial charge in [-0.15, -0.1) is 0 Å². The Bertz CT molecular complexity index is 1240. The maximum atomic E-state index is 12.6. The molecular weight excluding hydrogens is 416 g/mol. The van der Waals surface area contributed by atoms with Gasteiger partial charge in [-0.1, -0.05) is 30.3 Å². The molecule has 0 spiro atoms. The largest absolute Gasteiger partial charge is 0.493 e. The number of rotatable bonds is 8. The van der Waals surface area contributed by atoms with Crippen LogP contribution in [0.4, 0.5) is 0 Å². The van der Waals surface area contributed by atoms with Crippen molar-refractivity contribution in [1.29, 1.82) is 0 Å². The molecule has 0 radical (unpaired) electrons. The summed E-state index contributed by atoms with van der Waals surface area (Å²) < 4.78 is 12.9. The van der Waals surface area contributed by atoms with Crippen molar-refractivity contribution in [2.45, 2.75) is 19.6 Å². The van der Waals surface area contributed by atoms with Gasteiger partial charge in [0.25, 0.3) is 5.91 Å². The molecule has 2 heterocycles. The van der Waals surface area contributed by atoms with Crippen molar-refractivity contribution < 1.29 is 14.3 Å². The summed E-state index contributed by atoms with van der Waals surface area (Å²) in [5.74, 6) is 0.912. The number of amides is 1. The van der Waals surface area contributed by atoms with Crippen LogP contribution < -0.4 is 14.8 Å². The summed E-state index contributed by atoms with van der Waals surface area (Å²) in [6, 6.07) is 19.2. The van der Waals surface area contributed by atoms with Gasteiger partial charge in [0.15, 0.2) is 17.6 Å². The van der Waals surface area contributed by atoms with Gasteiger partial charge in [-0.2, -0.15) is 5.10 Å². The smallest absolute Gasteiger partial charge is 0.261 e. The average molecular weight is 443 g/mol. The number of hydrogen-bond donors (Lipinski definition) is 1. The van der Waals surface area contributed by atoms with Crippen molar-refractivity contribution in [1.82, 2.24) is 20.1 Å². The van der Waals surface area contributed by atoms with Crippen molar-refractivity contribution in [3.8, 4) is 33.9 Å². The number of methoxy groups -OCH3 is 1. The molecule has 2 aromatic carbocycles. The number of para-hydroxylation sites is 2. The van der Waals surface area contributed by atoms with E-state index in [9.17, 15) is 4.79 Å². The van der Waals surface area contributed by atoms with Crippen LogP contribution in [0.3, 0.4) is 0 Å². The molecular formula is C26H26N4O3. The lowest BCUT2D eigenvalue weighted by atomic mass is 10.0. The molecule has 4 rings (SSSR count). The Morgan fingerprint density at radius 3 is 2.55 bits per heavy atom. The lowest BCUT2D eigenvalue weighted by Gasteiger charge is -2.16. The molecule has 4 aromatic rings. The molecule has 0 aliphatic rings. The monoisotopic (exact) mass is 442 g/mol. The van der Waals surface area contributed by atoms with Crippen LogP contribution in [0.25, 0.3) is 22.4 Å². The lowest BCUT2D eigenvalue weighted by molar-refractivity contribution is -0.127. The highest BCUT2D eigenvalue weighted by molar-refractivity contribution is 5.82. The predicted molar refractivity (Wildman–Crippen MR) is 127 cm³/mol. The fourth-order valence-electron chi connectivity index (χ4n) is 3.57. The molecule has 1 amide bonds. The molecule has 0 saturated heterocycles. The number of ether oxygens (including phenoxy) is 2. The summed E-state index contributed by atoms with van der Waals surface area (Å²) >= 11 is 0. The molecule has 2 aromatic heterocycles. The Kier molecular flexibility index (Phi) is 6.69. The summed E-state index contributed by atoms with van der Waals surface area (Å²) in [7, 11) is 3.48. The summed E-state index contributed by atoms with van der Waals surface area (Å²) in [5.41, 5.74) is 4.91. The van der Waals surface area contributed by atoms with E-state index in [0.717, 1.165) is 27.9 Å². The van der Waals surface area contributed by atoms with Crippen LogP contribution in [0, 0.1) is 0 Å². The SMILES string of the molecule is COc1ccccc1OC(C)C(=O)NCc1cccc(-c2nn(C)cc2-c2ccncc2)c1. The number of benzene rings is 2. The van der Waals surface area contributed by atoms with Gasteiger partial charge >= 0.3 is 0 Å². The first-order valence-corrected chi connectivity index (χ1v) is 10.7. The lowest BCUT2D eigenvalue weighted by Crippen LogP contribution is -2.35. The van der Waals surface area contributed by atoms with Crippen molar-refractivity contribution >= 4 is 5.91 Å². The highest BCUT2D eigenvalue weighted by Gasteiger charge is 2.17. The number of nitrogens with zero attached hydrogens (tertiary/aromatic N) is 3. The van der Waals surface area contributed by atoms with Gasteiger partial charge in [-0.05, 0) is 48.4 Å². The Morgan fingerprint density at radius 2 is 1.79 bits per heavy atom. The van der Waals surface area contributed by atoms with E-state index in [-0.39, 0.29) is 5.91 Å². The van der Waals surface area contributed by atoms with Crippen LogP contribution in [-0.2, 0) is 18.4 Å². The van der Waals surface area contributed by atoms with E-state index in [1.807, 2.05) is 61.8 Å². The maximum absolute atomic E-state index is 12.6. The number of carbonyl (C=O) groups excluding carboxylic acids is 1. The number of aromatic nitrogens is 3. The molecule has 0 aliphatic heterocycles. The van der Waals surface area contributed by atoms with Crippen LogP contribution in [0.1, 0.15) is 12.5 Å². The van der Waals surface area contributed by atoms with Gasteiger partial charge in [0.2, 0.25) is 0 Å². The maximum Gasteiger partial charge on any atom is 0.261 e. The molecule has 1 atom stereocenters. The molecule has 0 fully saturated rings. The van der Waals surface area contributed by atoms with Crippen molar-refractivity contribution in [2.24, 2.45) is 7.05 Å². The molecule has 1 N–H and O–H groups in total. The fourth-order valence-corrected chi connectivity index (χ4v) is 3.57. The van der Waals surface area contributed by atoms with E-state index in [1.54, 1.807) is 43.2 Å². The number of hydrogen-bond acceptors (Lipinski definition) is 5. The second kappa shape index (κ2) is 9.99. The van der Waals surface area contributed by atoms with Gasteiger partial charge in [-0.3, -0.25) is 14.5 Å². The van der Waals surface area contributed by atoms with Gasteiger partial charge in [0.05, 0.1) is 7.11 Å². The van der Waals surface area contributed by atoms with Crippen molar-refractivity contribution in [2.75, 3.05) is 7.11 Å². The van der Waals surface area contributed by atoms with Crippen LogP contribution in [0.2, 0.25) is 0 Å².